The minimum Gasteiger partial charge on any atom is -0.481 e. The highest BCUT2D eigenvalue weighted by Gasteiger charge is 2.16. The molecule has 0 saturated carbocycles. The van der Waals surface area contributed by atoms with E-state index in [0.29, 0.717) is 13.0 Å². The van der Waals surface area contributed by atoms with E-state index in [-0.39, 0.29) is 18.6 Å². The van der Waals surface area contributed by atoms with E-state index in [0.717, 1.165) is 6.42 Å². The minimum absolute atomic E-state index is 0.000135. The number of nitrogens with one attached hydrogen (secondary N) is 2. The van der Waals surface area contributed by atoms with Crippen LogP contribution in [-0.2, 0) is 9.53 Å². The normalized spacial score (nSPS) is 13.8. The van der Waals surface area contributed by atoms with Gasteiger partial charge in [0.1, 0.15) is 0 Å². The maximum Gasteiger partial charge on any atom is 0.315 e. The van der Waals surface area contributed by atoms with E-state index in [9.17, 15) is 9.59 Å². The highest BCUT2D eigenvalue weighted by atomic mass is 16.5. The molecule has 0 aromatic heterocycles. The number of rotatable bonds is 8. The number of carboxylic acids is 1. The second-order valence-electron chi connectivity index (χ2n) is 3.98. The third-order valence-electron chi connectivity index (χ3n) is 2.48. The Morgan fingerprint density at radius 2 is 2.06 bits per heavy atom. The Labute approximate surface area is 102 Å². The van der Waals surface area contributed by atoms with E-state index in [4.69, 9.17) is 9.84 Å². The average molecular weight is 246 g/mol. The van der Waals surface area contributed by atoms with Crippen LogP contribution in [0.15, 0.2) is 0 Å². The van der Waals surface area contributed by atoms with Crippen molar-refractivity contribution in [3.05, 3.63) is 0 Å². The molecule has 2 atom stereocenters. The predicted molar refractivity (Wildman–Crippen MR) is 63.9 cm³/mol. The van der Waals surface area contributed by atoms with Crippen molar-refractivity contribution in [2.45, 2.75) is 32.7 Å². The molecule has 3 N–H and O–H groups in total. The van der Waals surface area contributed by atoms with Crippen LogP contribution in [0.1, 0.15) is 26.7 Å². The Morgan fingerprint density at radius 3 is 2.53 bits per heavy atom. The van der Waals surface area contributed by atoms with Gasteiger partial charge < -0.3 is 20.5 Å². The van der Waals surface area contributed by atoms with Gasteiger partial charge in [-0.25, -0.2) is 4.79 Å². The smallest absolute Gasteiger partial charge is 0.315 e. The Morgan fingerprint density at radius 1 is 1.41 bits per heavy atom. The first-order valence-electron chi connectivity index (χ1n) is 5.77. The molecule has 0 aliphatic carbocycles. The number of carbonyl (C=O) groups is 2. The molecule has 0 fully saturated rings. The number of hydrogen-bond donors (Lipinski definition) is 3. The van der Waals surface area contributed by atoms with Gasteiger partial charge in [-0.2, -0.15) is 0 Å². The Hall–Kier alpha value is -1.30. The van der Waals surface area contributed by atoms with Gasteiger partial charge in [-0.3, -0.25) is 4.79 Å². The summed E-state index contributed by atoms with van der Waals surface area (Å²) in [5.74, 6) is -1.42. The molecule has 0 aliphatic rings. The molecule has 0 aromatic rings. The van der Waals surface area contributed by atoms with Gasteiger partial charge in [-0.15, -0.1) is 0 Å². The largest absolute Gasteiger partial charge is 0.481 e. The first-order chi connectivity index (χ1) is 8.01. The second-order valence-corrected chi connectivity index (χ2v) is 3.98. The standard InChI is InChI=1S/C11H22N2O4/c1-4-9(10(14)15)7-12-11(16)13-8(2)5-6-17-3/h8-9H,4-7H2,1-3H3,(H,14,15)(H2,12,13,16). The summed E-state index contributed by atoms with van der Waals surface area (Å²) in [5.41, 5.74) is 0. The van der Waals surface area contributed by atoms with Gasteiger partial charge in [0.25, 0.3) is 0 Å². The Kier molecular flexibility index (Phi) is 8.13. The van der Waals surface area contributed by atoms with E-state index in [1.165, 1.54) is 0 Å². The molecular formula is C11H22N2O4. The van der Waals surface area contributed by atoms with Gasteiger partial charge in [0.2, 0.25) is 0 Å². The first kappa shape index (κ1) is 15.7. The average Bonchev–Trinajstić information content (AvgIpc) is 2.26. The number of carbonyl (C=O) groups excluding carboxylic acids is 1. The molecule has 0 radical (unpaired) electrons. The molecule has 0 bridgehead atoms. The van der Waals surface area contributed by atoms with Crippen LogP contribution in [0.2, 0.25) is 0 Å². The molecule has 0 spiro atoms. The van der Waals surface area contributed by atoms with Gasteiger partial charge in [0, 0.05) is 26.3 Å². The van der Waals surface area contributed by atoms with Crippen molar-refractivity contribution >= 4 is 12.0 Å². The molecule has 17 heavy (non-hydrogen) atoms. The van der Waals surface area contributed by atoms with E-state index >= 15 is 0 Å². The number of urea groups is 1. The fourth-order valence-electron chi connectivity index (χ4n) is 1.26. The summed E-state index contributed by atoms with van der Waals surface area (Å²) in [6, 6.07) is -0.340. The molecule has 0 rings (SSSR count). The molecule has 6 heteroatoms. The summed E-state index contributed by atoms with van der Waals surface area (Å²) >= 11 is 0. The molecule has 100 valence electrons. The highest BCUT2D eigenvalue weighted by molar-refractivity contribution is 5.76. The van der Waals surface area contributed by atoms with Crippen LogP contribution in [0.25, 0.3) is 0 Å². The third kappa shape index (κ3) is 7.57. The number of ether oxygens (including phenoxy) is 1. The highest BCUT2D eigenvalue weighted by Crippen LogP contribution is 2.00. The predicted octanol–water partition coefficient (Wildman–Crippen LogP) is 0.821. The summed E-state index contributed by atoms with van der Waals surface area (Å²) in [5, 5.41) is 14.1. The monoisotopic (exact) mass is 246 g/mol. The van der Waals surface area contributed by atoms with E-state index < -0.39 is 11.9 Å². The summed E-state index contributed by atoms with van der Waals surface area (Å²) in [4.78, 5) is 22.1. The van der Waals surface area contributed by atoms with Crippen LogP contribution >= 0.6 is 0 Å². The van der Waals surface area contributed by atoms with Gasteiger partial charge >= 0.3 is 12.0 Å². The lowest BCUT2D eigenvalue weighted by Crippen LogP contribution is -2.43. The lowest BCUT2D eigenvalue weighted by atomic mass is 10.1. The van der Waals surface area contributed by atoms with Crippen molar-refractivity contribution in [1.82, 2.24) is 10.6 Å². The number of hydrogen-bond acceptors (Lipinski definition) is 3. The van der Waals surface area contributed by atoms with Gasteiger partial charge in [-0.05, 0) is 19.8 Å². The van der Waals surface area contributed by atoms with E-state index in [1.54, 1.807) is 14.0 Å². The summed E-state index contributed by atoms with van der Waals surface area (Å²) in [7, 11) is 1.60. The van der Waals surface area contributed by atoms with E-state index in [1.807, 2.05) is 6.92 Å². The summed E-state index contributed by atoms with van der Waals surface area (Å²) < 4.78 is 4.89. The Balaban J connectivity index is 3.82. The quantitative estimate of drug-likeness (QED) is 0.591. The van der Waals surface area contributed by atoms with Crippen molar-refractivity contribution < 1.29 is 19.4 Å². The maximum absolute atomic E-state index is 11.4. The van der Waals surface area contributed by atoms with E-state index in [2.05, 4.69) is 10.6 Å². The van der Waals surface area contributed by atoms with Crippen molar-refractivity contribution in [2.24, 2.45) is 5.92 Å². The van der Waals surface area contributed by atoms with Gasteiger partial charge in [0.05, 0.1) is 5.92 Å². The zero-order valence-electron chi connectivity index (χ0n) is 10.7. The zero-order valence-corrected chi connectivity index (χ0v) is 10.7. The molecule has 0 saturated heterocycles. The van der Waals surface area contributed by atoms with Crippen LogP contribution in [0.5, 0.6) is 0 Å². The molecule has 6 nitrogen and oxygen atoms in total. The molecule has 0 aliphatic heterocycles. The van der Waals surface area contributed by atoms with Crippen LogP contribution in [0, 0.1) is 5.92 Å². The minimum atomic E-state index is -0.889. The van der Waals surface area contributed by atoms with Crippen LogP contribution in [0.3, 0.4) is 0 Å². The van der Waals surface area contributed by atoms with Crippen molar-refractivity contribution in [1.29, 1.82) is 0 Å². The van der Waals surface area contributed by atoms with Gasteiger partial charge in [-0.1, -0.05) is 6.92 Å². The van der Waals surface area contributed by atoms with Crippen molar-refractivity contribution in [3.8, 4) is 0 Å². The maximum atomic E-state index is 11.4. The molecular weight excluding hydrogens is 224 g/mol. The fraction of sp³-hybridized carbons (Fsp3) is 0.818. The van der Waals surface area contributed by atoms with Crippen molar-refractivity contribution in [2.75, 3.05) is 20.3 Å². The topological polar surface area (TPSA) is 87.7 Å². The first-order valence-corrected chi connectivity index (χ1v) is 5.77. The second kappa shape index (κ2) is 8.81. The number of amides is 2. The van der Waals surface area contributed by atoms with Gasteiger partial charge in [0.15, 0.2) is 0 Å². The summed E-state index contributed by atoms with van der Waals surface area (Å²) in [6.07, 6.45) is 1.22. The lowest BCUT2D eigenvalue weighted by molar-refractivity contribution is -0.141. The molecule has 0 heterocycles. The Bertz CT molecular complexity index is 246. The number of methoxy groups -OCH3 is 1. The molecule has 2 amide bonds. The van der Waals surface area contributed by atoms with Crippen LogP contribution in [-0.4, -0.2) is 43.4 Å². The third-order valence-corrected chi connectivity index (χ3v) is 2.48. The zero-order chi connectivity index (χ0) is 13.3. The van der Waals surface area contributed by atoms with Crippen LogP contribution < -0.4 is 10.6 Å². The fourth-order valence-corrected chi connectivity index (χ4v) is 1.26. The molecule has 2 unspecified atom stereocenters. The lowest BCUT2D eigenvalue weighted by Gasteiger charge is -2.16. The summed E-state index contributed by atoms with van der Waals surface area (Å²) in [6.45, 7) is 4.37. The van der Waals surface area contributed by atoms with Crippen LogP contribution in [0.4, 0.5) is 4.79 Å². The number of aliphatic carboxylic acids is 1. The number of carboxylic acid groups (broad SMARTS) is 1. The molecule has 0 aromatic carbocycles. The SMILES string of the molecule is CCC(CNC(=O)NC(C)CCOC)C(=O)O. The van der Waals surface area contributed by atoms with Crippen molar-refractivity contribution in [3.63, 3.8) is 0 Å².